The predicted octanol–water partition coefficient (Wildman–Crippen LogP) is 3.13. The molecule has 0 spiro atoms. The summed E-state index contributed by atoms with van der Waals surface area (Å²) in [6, 6.07) is 7.50. The van der Waals surface area contributed by atoms with Gasteiger partial charge >= 0.3 is 0 Å². The van der Waals surface area contributed by atoms with Gasteiger partial charge in [0, 0.05) is 25.8 Å². The molecule has 1 aliphatic heterocycles. The van der Waals surface area contributed by atoms with E-state index in [9.17, 15) is 14.4 Å². The van der Waals surface area contributed by atoms with Crippen LogP contribution in [0.3, 0.4) is 0 Å². The van der Waals surface area contributed by atoms with Gasteiger partial charge in [0.2, 0.25) is 0 Å². The molecule has 1 fully saturated rings. The average molecular weight is 423 g/mol. The number of imide groups is 1. The van der Waals surface area contributed by atoms with Crippen molar-refractivity contribution in [2.45, 2.75) is 58.4 Å². The Bertz CT molecular complexity index is 1100. The van der Waals surface area contributed by atoms with E-state index < -0.39 is 5.91 Å². The molecule has 1 aromatic carbocycles. The summed E-state index contributed by atoms with van der Waals surface area (Å²) >= 11 is 0. The largest absolute Gasteiger partial charge is 0.366 e. The maximum Gasteiger partial charge on any atom is 0.282 e. The van der Waals surface area contributed by atoms with E-state index in [0.29, 0.717) is 29.1 Å². The van der Waals surface area contributed by atoms with E-state index in [1.54, 1.807) is 19.2 Å². The maximum atomic E-state index is 13.7. The molecule has 1 aliphatic carbocycles. The number of rotatable bonds is 5. The zero-order valence-electron chi connectivity index (χ0n) is 18.7. The van der Waals surface area contributed by atoms with Gasteiger partial charge < -0.3 is 4.90 Å². The highest BCUT2D eigenvalue weighted by atomic mass is 16.2. The van der Waals surface area contributed by atoms with Gasteiger partial charge in [-0.25, -0.2) is 4.90 Å². The van der Waals surface area contributed by atoms with E-state index in [4.69, 9.17) is 0 Å². The Labute approximate surface area is 182 Å². The lowest BCUT2D eigenvalue weighted by molar-refractivity contribution is -0.120. The molecule has 0 saturated heterocycles. The summed E-state index contributed by atoms with van der Waals surface area (Å²) in [6.07, 6.45) is 5.91. The van der Waals surface area contributed by atoms with Crippen molar-refractivity contribution < 1.29 is 9.59 Å². The lowest BCUT2D eigenvalue weighted by Crippen LogP contribution is -2.38. The van der Waals surface area contributed by atoms with Crippen LogP contribution >= 0.6 is 0 Å². The van der Waals surface area contributed by atoms with Crippen LogP contribution in [-0.4, -0.2) is 39.6 Å². The molecule has 1 aromatic heterocycles. The fraction of sp³-hybridized carbons (Fsp3) is 0.458. The van der Waals surface area contributed by atoms with Crippen LogP contribution in [0.4, 0.5) is 5.69 Å². The minimum atomic E-state index is -0.432. The van der Waals surface area contributed by atoms with Crippen molar-refractivity contribution in [1.29, 1.82) is 0 Å². The number of hydrogen-bond donors (Lipinski definition) is 1. The molecule has 0 atom stereocenters. The van der Waals surface area contributed by atoms with Crippen LogP contribution < -0.4 is 10.5 Å². The predicted molar refractivity (Wildman–Crippen MR) is 121 cm³/mol. The lowest BCUT2D eigenvalue weighted by Gasteiger charge is -2.33. The zero-order chi connectivity index (χ0) is 22.3. The summed E-state index contributed by atoms with van der Waals surface area (Å²) in [4.78, 5) is 43.5. The second kappa shape index (κ2) is 8.21. The summed E-state index contributed by atoms with van der Waals surface area (Å²) in [6.45, 7) is 3.89. The molecule has 1 N–H and O–H groups in total. The Hall–Kier alpha value is -3.09. The second-order valence-corrected chi connectivity index (χ2v) is 8.59. The number of anilines is 1. The van der Waals surface area contributed by atoms with Crippen molar-refractivity contribution in [3.05, 3.63) is 57.1 Å². The molecule has 0 unspecified atom stereocenters. The molecule has 2 heterocycles. The van der Waals surface area contributed by atoms with Gasteiger partial charge in [-0.2, -0.15) is 0 Å². The van der Waals surface area contributed by atoms with Crippen molar-refractivity contribution >= 4 is 23.1 Å². The molecule has 4 rings (SSSR count). The molecule has 0 bridgehead atoms. The first-order valence-electron chi connectivity index (χ1n) is 11.1. The number of aromatic amines is 1. The van der Waals surface area contributed by atoms with E-state index in [-0.39, 0.29) is 23.1 Å². The first kappa shape index (κ1) is 21.2. The van der Waals surface area contributed by atoms with Crippen LogP contribution in [-0.2, 0) is 23.1 Å². The molecule has 2 aromatic rings. The Morgan fingerprint density at radius 2 is 1.68 bits per heavy atom. The van der Waals surface area contributed by atoms with Crippen LogP contribution in [0.5, 0.6) is 0 Å². The third kappa shape index (κ3) is 3.52. The van der Waals surface area contributed by atoms with Crippen LogP contribution in [0.15, 0.2) is 34.8 Å². The number of likely N-dealkylation sites (N-methyl/N-ethyl adjacent to an activating group) is 1. The van der Waals surface area contributed by atoms with Gasteiger partial charge in [-0.3, -0.25) is 24.2 Å². The Kier molecular flexibility index (Phi) is 5.60. The number of benzene rings is 1. The van der Waals surface area contributed by atoms with Crippen LogP contribution in [0, 0.1) is 6.92 Å². The number of carbonyl (C=O) groups is 2. The van der Waals surface area contributed by atoms with E-state index in [0.717, 1.165) is 31.2 Å². The van der Waals surface area contributed by atoms with E-state index in [1.807, 2.05) is 37.9 Å². The molecule has 164 valence electrons. The summed E-state index contributed by atoms with van der Waals surface area (Å²) in [7, 11) is 3.52. The fourth-order valence-corrected chi connectivity index (χ4v) is 4.77. The number of amides is 2. The van der Waals surface area contributed by atoms with E-state index in [1.165, 1.54) is 16.0 Å². The van der Waals surface area contributed by atoms with Crippen molar-refractivity contribution in [1.82, 2.24) is 14.7 Å². The first-order chi connectivity index (χ1) is 14.8. The van der Waals surface area contributed by atoms with Crippen molar-refractivity contribution in [2.75, 3.05) is 11.9 Å². The lowest BCUT2D eigenvalue weighted by atomic mass is 9.93. The number of nitrogens with one attached hydrogen (secondary N) is 1. The normalized spacial score (nSPS) is 17.7. The molecule has 7 nitrogen and oxygen atoms in total. The molecule has 2 aliphatic rings. The molecular formula is C24H30N4O3. The van der Waals surface area contributed by atoms with Crippen molar-refractivity contribution in [3.8, 4) is 0 Å². The number of hydrogen-bond acceptors (Lipinski definition) is 4. The Balaban J connectivity index is 1.89. The average Bonchev–Trinajstić information content (AvgIpc) is 3.20. The smallest absolute Gasteiger partial charge is 0.282 e. The molecule has 2 amide bonds. The minimum Gasteiger partial charge on any atom is -0.366 e. The topological polar surface area (TPSA) is 78.4 Å². The van der Waals surface area contributed by atoms with Gasteiger partial charge in [0.25, 0.3) is 17.4 Å². The summed E-state index contributed by atoms with van der Waals surface area (Å²) in [5.74, 6) is -0.792. The standard InChI is InChI=1S/C24H30N4O3/c1-5-18-19(22(29)27(4)25-18)20-21(26(3)16-9-7-6-8-10-16)24(31)28(23(20)30)17-13-11-15(2)12-14-17/h11-14,16,25H,5-10H2,1-4H3. The summed E-state index contributed by atoms with van der Waals surface area (Å²) in [5.41, 5.74) is 2.83. The SMILES string of the molecule is CCc1[nH]n(C)c(=O)c1C1=C(N(C)C2CCCCC2)C(=O)N(c2ccc(C)cc2)C1=O. The van der Waals surface area contributed by atoms with Gasteiger partial charge in [-0.1, -0.05) is 43.9 Å². The quantitative estimate of drug-likeness (QED) is 0.751. The minimum absolute atomic E-state index is 0.182. The number of nitrogens with zero attached hydrogens (tertiary/aromatic N) is 3. The monoisotopic (exact) mass is 422 g/mol. The summed E-state index contributed by atoms with van der Waals surface area (Å²) in [5, 5.41) is 3.05. The molecule has 1 saturated carbocycles. The van der Waals surface area contributed by atoms with Gasteiger partial charge in [0.15, 0.2) is 0 Å². The van der Waals surface area contributed by atoms with Crippen molar-refractivity contribution in [3.63, 3.8) is 0 Å². The maximum absolute atomic E-state index is 13.7. The Morgan fingerprint density at radius 1 is 1.03 bits per heavy atom. The highest BCUT2D eigenvalue weighted by molar-refractivity contribution is 6.45. The Morgan fingerprint density at radius 3 is 2.29 bits per heavy atom. The summed E-state index contributed by atoms with van der Waals surface area (Å²) < 4.78 is 1.38. The number of aromatic nitrogens is 2. The first-order valence-corrected chi connectivity index (χ1v) is 11.1. The second-order valence-electron chi connectivity index (χ2n) is 8.59. The van der Waals surface area contributed by atoms with Gasteiger partial charge in [0.05, 0.1) is 16.8 Å². The van der Waals surface area contributed by atoms with Crippen LogP contribution in [0.25, 0.3) is 5.57 Å². The molecule has 7 heteroatoms. The fourth-order valence-electron chi connectivity index (χ4n) is 4.77. The molecular weight excluding hydrogens is 392 g/mol. The van der Waals surface area contributed by atoms with Crippen LogP contribution in [0.1, 0.15) is 55.8 Å². The number of aryl methyl sites for hydroxylation is 3. The van der Waals surface area contributed by atoms with Gasteiger partial charge in [-0.15, -0.1) is 0 Å². The molecule has 31 heavy (non-hydrogen) atoms. The highest BCUT2D eigenvalue weighted by Gasteiger charge is 2.45. The van der Waals surface area contributed by atoms with Crippen LogP contribution in [0.2, 0.25) is 0 Å². The highest BCUT2D eigenvalue weighted by Crippen LogP contribution is 2.37. The third-order valence-corrected chi connectivity index (χ3v) is 6.55. The molecule has 0 radical (unpaired) electrons. The van der Waals surface area contributed by atoms with Crippen molar-refractivity contribution in [2.24, 2.45) is 7.05 Å². The number of H-pyrrole nitrogens is 1. The third-order valence-electron chi connectivity index (χ3n) is 6.55. The zero-order valence-corrected chi connectivity index (χ0v) is 18.7. The van der Waals surface area contributed by atoms with Gasteiger partial charge in [0.1, 0.15) is 5.70 Å². The number of carbonyl (C=O) groups excluding carboxylic acids is 2. The van der Waals surface area contributed by atoms with E-state index in [2.05, 4.69) is 5.10 Å². The van der Waals surface area contributed by atoms with Gasteiger partial charge in [-0.05, 0) is 38.3 Å². The van der Waals surface area contributed by atoms with E-state index >= 15 is 0 Å².